The lowest BCUT2D eigenvalue weighted by atomic mass is 10.1. The molecule has 80 valence electrons. The first kappa shape index (κ1) is 11.2. The highest BCUT2D eigenvalue weighted by Gasteiger charge is 2.23. The third kappa shape index (κ3) is 3.10. The molecular formula is C10H17NO3. The van der Waals surface area contributed by atoms with E-state index in [1.165, 1.54) is 6.92 Å². The van der Waals surface area contributed by atoms with Crippen molar-refractivity contribution in [3.05, 3.63) is 0 Å². The number of amides is 1. The molecule has 0 spiro atoms. The molecular weight excluding hydrogens is 182 g/mol. The van der Waals surface area contributed by atoms with Crippen molar-refractivity contribution in [2.45, 2.75) is 32.3 Å². The number of methoxy groups -OCH3 is 1. The van der Waals surface area contributed by atoms with Crippen molar-refractivity contribution in [1.82, 2.24) is 4.90 Å². The quantitative estimate of drug-likeness (QED) is 0.625. The standard InChI is InChI=1S/C10H17NO3/c1-8(12)6-10(13)11-5-3-4-9(7-11)14-2/h9H,3-7H2,1-2H3. The number of ether oxygens (including phenoxy) is 1. The van der Waals surface area contributed by atoms with E-state index in [4.69, 9.17) is 4.74 Å². The van der Waals surface area contributed by atoms with Crippen molar-refractivity contribution < 1.29 is 14.3 Å². The molecule has 0 N–H and O–H groups in total. The van der Waals surface area contributed by atoms with E-state index in [2.05, 4.69) is 0 Å². The number of piperidine rings is 1. The number of ketones is 1. The lowest BCUT2D eigenvalue weighted by Crippen LogP contribution is -2.43. The van der Waals surface area contributed by atoms with Crippen LogP contribution in [-0.2, 0) is 14.3 Å². The van der Waals surface area contributed by atoms with E-state index >= 15 is 0 Å². The van der Waals surface area contributed by atoms with Crippen molar-refractivity contribution in [3.8, 4) is 0 Å². The van der Waals surface area contributed by atoms with Crippen LogP contribution in [-0.4, -0.2) is 42.9 Å². The second-order valence-electron chi connectivity index (χ2n) is 3.72. The van der Waals surface area contributed by atoms with Gasteiger partial charge in [0, 0.05) is 20.2 Å². The molecule has 0 aliphatic carbocycles. The fourth-order valence-corrected chi connectivity index (χ4v) is 1.68. The summed E-state index contributed by atoms with van der Waals surface area (Å²) in [6, 6.07) is 0. The van der Waals surface area contributed by atoms with Gasteiger partial charge in [-0.1, -0.05) is 0 Å². The Labute approximate surface area is 84.2 Å². The highest BCUT2D eigenvalue weighted by molar-refractivity contribution is 5.96. The molecule has 0 bridgehead atoms. The van der Waals surface area contributed by atoms with Crippen LogP contribution >= 0.6 is 0 Å². The molecule has 0 aromatic rings. The molecule has 1 fully saturated rings. The van der Waals surface area contributed by atoms with Gasteiger partial charge in [-0.15, -0.1) is 0 Å². The first-order valence-electron chi connectivity index (χ1n) is 4.93. The zero-order valence-corrected chi connectivity index (χ0v) is 8.78. The number of nitrogens with zero attached hydrogens (tertiary/aromatic N) is 1. The summed E-state index contributed by atoms with van der Waals surface area (Å²) in [6.07, 6.45) is 2.12. The third-order valence-electron chi connectivity index (χ3n) is 2.46. The lowest BCUT2D eigenvalue weighted by molar-refractivity contribution is -0.137. The molecule has 0 radical (unpaired) electrons. The maximum absolute atomic E-state index is 11.5. The van der Waals surface area contributed by atoms with Crippen LogP contribution in [0, 0.1) is 0 Å². The molecule has 14 heavy (non-hydrogen) atoms. The van der Waals surface area contributed by atoms with Gasteiger partial charge in [-0.3, -0.25) is 9.59 Å². The van der Waals surface area contributed by atoms with Gasteiger partial charge < -0.3 is 9.64 Å². The summed E-state index contributed by atoms with van der Waals surface area (Å²) in [4.78, 5) is 24.0. The van der Waals surface area contributed by atoms with E-state index in [9.17, 15) is 9.59 Å². The molecule has 4 nitrogen and oxygen atoms in total. The van der Waals surface area contributed by atoms with Crippen LogP contribution in [0.2, 0.25) is 0 Å². The van der Waals surface area contributed by atoms with Gasteiger partial charge in [0.15, 0.2) is 0 Å². The molecule has 0 aromatic carbocycles. The molecule has 0 aromatic heterocycles. The van der Waals surface area contributed by atoms with E-state index in [1.807, 2.05) is 0 Å². The number of Topliss-reactive ketones (excluding diaryl/α,β-unsaturated/α-hetero) is 1. The van der Waals surface area contributed by atoms with Crippen molar-refractivity contribution in [3.63, 3.8) is 0 Å². The minimum Gasteiger partial charge on any atom is -0.380 e. The molecule has 4 heteroatoms. The van der Waals surface area contributed by atoms with E-state index in [0.29, 0.717) is 6.54 Å². The van der Waals surface area contributed by atoms with Gasteiger partial charge >= 0.3 is 0 Å². The van der Waals surface area contributed by atoms with Crippen molar-refractivity contribution >= 4 is 11.7 Å². The smallest absolute Gasteiger partial charge is 0.230 e. The summed E-state index contributed by atoms with van der Waals surface area (Å²) in [5, 5.41) is 0. The first-order valence-corrected chi connectivity index (χ1v) is 4.93. The lowest BCUT2D eigenvalue weighted by Gasteiger charge is -2.31. The predicted molar refractivity (Wildman–Crippen MR) is 51.9 cm³/mol. The fraction of sp³-hybridized carbons (Fsp3) is 0.800. The number of rotatable bonds is 3. The minimum absolute atomic E-state index is 0.0242. The van der Waals surface area contributed by atoms with E-state index in [-0.39, 0.29) is 24.2 Å². The number of carbonyl (C=O) groups is 2. The van der Waals surface area contributed by atoms with Gasteiger partial charge in [-0.25, -0.2) is 0 Å². The second kappa shape index (κ2) is 5.10. The Hall–Kier alpha value is -0.900. The molecule has 1 aliphatic rings. The van der Waals surface area contributed by atoms with Gasteiger partial charge in [0.2, 0.25) is 5.91 Å². The highest BCUT2D eigenvalue weighted by Crippen LogP contribution is 2.13. The third-order valence-corrected chi connectivity index (χ3v) is 2.46. The van der Waals surface area contributed by atoms with Crippen LogP contribution in [0.25, 0.3) is 0 Å². The summed E-state index contributed by atoms with van der Waals surface area (Å²) in [7, 11) is 1.66. The Kier molecular flexibility index (Phi) is 4.07. The molecule has 1 rings (SSSR count). The summed E-state index contributed by atoms with van der Waals surface area (Å²) < 4.78 is 5.20. The van der Waals surface area contributed by atoms with Crippen LogP contribution in [0.5, 0.6) is 0 Å². The summed E-state index contributed by atoms with van der Waals surface area (Å²) in [6.45, 7) is 2.82. The minimum atomic E-state index is -0.0745. The molecule has 1 saturated heterocycles. The molecule has 1 aliphatic heterocycles. The average molecular weight is 199 g/mol. The zero-order valence-electron chi connectivity index (χ0n) is 8.78. The number of hydrogen-bond acceptors (Lipinski definition) is 3. The average Bonchev–Trinajstić information content (AvgIpc) is 2.17. The summed E-state index contributed by atoms with van der Waals surface area (Å²) in [5.74, 6) is -0.145. The van der Waals surface area contributed by atoms with Crippen molar-refractivity contribution in [1.29, 1.82) is 0 Å². The van der Waals surface area contributed by atoms with Gasteiger partial charge in [-0.05, 0) is 19.8 Å². The van der Waals surface area contributed by atoms with Gasteiger partial charge in [0.25, 0.3) is 0 Å². The number of hydrogen-bond donors (Lipinski definition) is 0. The molecule has 1 unspecified atom stereocenters. The maximum Gasteiger partial charge on any atom is 0.230 e. The van der Waals surface area contributed by atoms with Crippen molar-refractivity contribution in [2.75, 3.05) is 20.2 Å². The van der Waals surface area contributed by atoms with E-state index in [1.54, 1.807) is 12.0 Å². The van der Waals surface area contributed by atoms with E-state index < -0.39 is 0 Å². The van der Waals surface area contributed by atoms with Gasteiger partial charge in [-0.2, -0.15) is 0 Å². The van der Waals surface area contributed by atoms with Crippen molar-refractivity contribution in [2.24, 2.45) is 0 Å². The second-order valence-corrected chi connectivity index (χ2v) is 3.72. The van der Waals surface area contributed by atoms with Crippen LogP contribution in [0.1, 0.15) is 26.2 Å². The summed E-state index contributed by atoms with van der Waals surface area (Å²) in [5.41, 5.74) is 0. The largest absolute Gasteiger partial charge is 0.380 e. The Balaban J connectivity index is 2.43. The number of carbonyl (C=O) groups excluding carboxylic acids is 2. The molecule has 1 heterocycles. The van der Waals surface area contributed by atoms with Gasteiger partial charge in [0.05, 0.1) is 12.5 Å². The van der Waals surface area contributed by atoms with Crippen LogP contribution in [0.3, 0.4) is 0 Å². The maximum atomic E-state index is 11.5. The Morgan fingerprint density at radius 1 is 1.50 bits per heavy atom. The first-order chi connectivity index (χ1) is 6.63. The Bertz CT molecular complexity index is 227. The van der Waals surface area contributed by atoms with E-state index in [0.717, 1.165) is 19.4 Å². The van der Waals surface area contributed by atoms with Crippen LogP contribution in [0.4, 0.5) is 0 Å². The fourth-order valence-electron chi connectivity index (χ4n) is 1.68. The highest BCUT2D eigenvalue weighted by atomic mass is 16.5. The zero-order chi connectivity index (χ0) is 10.6. The Morgan fingerprint density at radius 3 is 2.79 bits per heavy atom. The van der Waals surface area contributed by atoms with Gasteiger partial charge in [0.1, 0.15) is 5.78 Å². The SMILES string of the molecule is COC1CCCN(C(=O)CC(C)=O)C1. The monoisotopic (exact) mass is 199 g/mol. The molecule has 0 saturated carbocycles. The molecule has 1 amide bonds. The molecule has 1 atom stereocenters. The Morgan fingerprint density at radius 2 is 2.21 bits per heavy atom. The summed E-state index contributed by atoms with van der Waals surface area (Å²) >= 11 is 0. The number of likely N-dealkylation sites (tertiary alicyclic amines) is 1. The predicted octanol–water partition coefficient (Wildman–Crippen LogP) is 0.603. The van der Waals surface area contributed by atoms with Crippen LogP contribution in [0.15, 0.2) is 0 Å². The van der Waals surface area contributed by atoms with Crippen LogP contribution < -0.4 is 0 Å². The topological polar surface area (TPSA) is 46.6 Å². The normalized spacial score (nSPS) is 22.1.